The lowest BCUT2D eigenvalue weighted by molar-refractivity contribution is 0.0901. The summed E-state index contributed by atoms with van der Waals surface area (Å²) >= 11 is 1.56. The number of fused-ring (bicyclic) bond motifs is 5. The summed E-state index contributed by atoms with van der Waals surface area (Å²) < 4.78 is 1.13. The average Bonchev–Trinajstić information content (AvgIpc) is 3.03. The van der Waals surface area contributed by atoms with Gasteiger partial charge in [0.25, 0.3) is 5.91 Å². The molecule has 3 aliphatic rings. The molecule has 0 bridgehead atoms. The molecule has 1 amide bonds. The van der Waals surface area contributed by atoms with Crippen molar-refractivity contribution in [2.24, 2.45) is 5.41 Å². The summed E-state index contributed by atoms with van der Waals surface area (Å²) in [4.78, 5) is 23.3. The number of nitrogens with one attached hydrogen (secondary N) is 2. The number of benzene rings is 1. The number of hydrogen-bond acceptors (Lipinski definition) is 6. The number of piperidine rings is 1. The van der Waals surface area contributed by atoms with Gasteiger partial charge in [-0.3, -0.25) is 4.79 Å². The van der Waals surface area contributed by atoms with E-state index in [0.29, 0.717) is 5.41 Å². The number of carbonyl (C=O) groups is 1. The minimum Gasteiger partial charge on any atom is -0.381 e. The molecule has 1 spiro atoms. The van der Waals surface area contributed by atoms with Gasteiger partial charge in [0, 0.05) is 46.6 Å². The third kappa shape index (κ3) is 2.79. The van der Waals surface area contributed by atoms with Gasteiger partial charge < -0.3 is 20.4 Å². The molecule has 0 radical (unpaired) electrons. The third-order valence-electron chi connectivity index (χ3n) is 7.10. The van der Waals surface area contributed by atoms with E-state index in [9.17, 15) is 4.79 Å². The average molecular weight is 422 g/mol. The quantitative estimate of drug-likeness (QED) is 0.630. The van der Waals surface area contributed by atoms with Gasteiger partial charge in [-0.15, -0.1) is 11.3 Å². The van der Waals surface area contributed by atoms with E-state index in [2.05, 4.69) is 51.7 Å². The summed E-state index contributed by atoms with van der Waals surface area (Å²) in [5.74, 6) is 1.09. The SMILES string of the molecule is C[C@@H]1CNc2c(sc3ccc4nc(N5CC6(CCN(C)CC6)C5)ccc4c23)C(=O)N1. The number of nitrogens with zero attached hydrogens (tertiary/aromatic N) is 3. The van der Waals surface area contributed by atoms with Gasteiger partial charge in [-0.05, 0) is 64.2 Å². The highest BCUT2D eigenvalue weighted by molar-refractivity contribution is 7.21. The Kier molecular flexibility index (Phi) is 4.02. The normalized spacial score (nSPS) is 23.7. The molecule has 2 aromatic heterocycles. The lowest BCUT2D eigenvalue weighted by Crippen LogP contribution is -2.60. The van der Waals surface area contributed by atoms with Crippen LogP contribution in [-0.4, -0.2) is 61.6 Å². The van der Waals surface area contributed by atoms with Crippen molar-refractivity contribution in [1.29, 1.82) is 0 Å². The van der Waals surface area contributed by atoms with Gasteiger partial charge in [-0.25, -0.2) is 4.98 Å². The zero-order valence-electron chi connectivity index (χ0n) is 17.5. The fourth-order valence-electron chi connectivity index (χ4n) is 5.23. The molecule has 3 aliphatic heterocycles. The van der Waals surface area contributed by atoms with E-state index >= 15 is 0 Å². The van der Waals surface area contributed by atoms with Crippen molar-refractivity contribution in [1.82, 2.24) is 15.2 Å². The number of pyridine rings is 1. The highest BCUT2D eigenvalue weighted by Crippen LogP contribution is 2.44. The van der Waals surface area contributed by atoms with Gasteiger partial charge in [0.15, 0.2) is 0 Å². The number of carbonyl (C=O) groups excluding carboxylic acids is 1. The predicted octanol–water partition coefficient (Wildman–Crippen LogP) is 3.53. The Balaban J connectivity index is 1.35. The van der Waals surface area contributed by atoms with Crippen LogP contribution in [0.5, 0.6) is 0 Å². The lowest BCUT2D eigenvalue weighted by Gasteiger charge is -2.54. The first-order valence-electron chi connectivity index (χ1n) is 10.9. The smallest absolute Gasteiger partial charge is 0.263 e. The summed E-state index contributed by atoms with van der Waals surface area (Å²) in [6.07, 6.45) is 2.59. The van der Waals surface area contributed by atoms with Crippen LogP contribution in [0.2, 0.25) is 0 Å². The Morgan fingerprint density at radius 2 is 1.97 bits per heavy atom. The van der Waals surface area contributed by atoms with Gasteiger partial charge in [0.1, 0.15) is 10.7 Å². The van der Waals surface area contributed by atoms with Gasteiger partial charge in [-0.1, -0.05) is 0 Å². The lowest BCUT2D eigenvalue weighted by atomic mass is 9.72. The number of aromatic nitrogens is 1. The molecule has 6 nitrogen and oxygen atoms in total. The van der Waals surface area contributed by atoms with E-state index in [1.807, 2.05) is 6.92 Å². The van der Waals surface area contributed by atoms with Crippen LogP contribution in [0.4, 0.5) is 11.5 Å². The Bertz CT molecular complexity index is 1160. The van der Waals surface area contributed by atoms with E-state index in [1.54, 1.807) is 11.3 Å². The largest absolute Gasteiger partial charge is 0.381 e. The molecule has 5 heterocycles. The van der Waals surface area contributed by atoms with Crippen molar-refractivity contribution in [3.63, 3.8) is 0 Å². The topological polar surface area (TPSA) is 60.5 Å². The zero-order valence-corrected chi connectivity index (χ0v) is 18.3. The second-order valence-electron chi connectivity index (χ2n) is 9.40. The molecular formula is C23H27N5OS. The Labute approximate surface area is 180 Å². The molecule has 1 atom stereocenters. The van der Waals surface area contributed by atoms with E-state index in [0.717, 1.165) is 57.0 Å². The third-order valence-corrected chi connectivity index (χ3v) is 8.25. The van der Waals surface area contributed by atoms with Crippen LogP contribution in [0.15, 0.2) is 24.3 Å². The first-order chi connectivity index (χ1) is 14.5. The molecule has 2 fully saturated rings. The molecule has 0 aliphatic carbocycles. The standard InChI is InChI=1S/C23H27N5OS/c1-14-11-24-20-19-15-3-6-18(28-12-23(13-28)7-9-27(2)10-8-23)26-16(15)4-5-17(19)30-21(20)22(29)25-14/h3-6,14,24H,7-13H2,1-2H3,(H,25,29)/t14-/m1/s1. The van der Waals surface area contributed by atoms with Crippen molar-refractivity contribution in [3.8, 4) is 0 Å². The summed E-state index contributed by atoms with van der Waals surface area (Å²) in [6, 6.07) is 8.68. The molecular weight excluding hydrogens is 394 g/mol. The van der Waals surface area contributed by atoms with Crippen molar-refractivity contribution in [2.45, 2.75) is 25.8 Å². The van der Waals surface area contributed by atoms with Gasteiger partial charge >= 0.3 is 0 Å². The number of thiophene rings is 1. The minimum absolute atomic E-state index is 0.0189. The molecule has 1 aromatic carbocycles. The second-order valence-corrected chi connectivity index (χ2v) is 10.4. The summed E-state index contributed by atoms with van der Waals surface area (Å²) in [5, 5.41) is 8.82. The number of anilines is 2. The first kappa shape index (κ1) is 18.4. The first-order valence-corrected chi connectivity index (χ1v) is 11.7. The van der Waals surface area contributed by atoms with Gasteiger partial charge in [0.05, 0.1) is 11.2 Å². The fraction of sp³-hybridized carbons (Fsp3) is 0.478. The monoisotopic (exact) mass is 421 g/mol. The van der Waals surface area contributed by atoms with Crippen LogP contribution < -0.4 is 15.5 Å². The van der Waals surface area contributed by atoms with Crippen LogP contribution >= 0.6 is 11.3 Å². The molecule has 2 N–H and O–H groups in total. The minimum atomic E-state index is 0.0189. The van der Waals surface area contributed by atoms with E-state index in [1.165, 1.54) is 25.9 Å². The Morgan fingerprint density at radius 3 is 2.77 bits per heavy atom. The molecule has 6 rings (SSSR count). The zero-order chi connectivity index (χ0) is 20.5. The molecule has 7 heteroatoms. The highest BCUT2D eigenvalue weighted by Gasteiger charge is 2.44. The van der Waals surface area contributed by atoms with Crippen LogP contribution in [0.25, 0.3) is 21.0 Å². The van der Waals surface area contributed by atoms with Crippen molar-refractivity contribution in [3.05, 3.63) is 29.1 Å². The summed E-state index contributed by atoms with van der Waals surface area (Å²) in [6.45, 7) is 7.42. The molecule has 2 saturated heterocycles. The number of amides is 1. The van der Waals surface area contributed by atoms with Gasteiger partial charge in [-0.2, -0.15) is 0 Å². The molecule has 3 aromatic rings. The van der Waals surface area contributed by atoms with Crippen LogP contribution in [0, 0.1) is 5.41 Å². The second kappa shape index (κ2) is 6.56. The van der Waals surface area contributed by atoms with Crippen molar-refractivity contribution >= 4 is 49.7 Å². The highest BCUT2D eigenvalue weighted by atomic mass is 32.1. The maximum atomic E-state index is 12.6. The predicted molar refractivity (Wildman–Crippen MR) is 124 cm³/mol. The summed E-state index contributed by atoms with van der Waals surface area (Å²) in [5.41, 5.74) is 2.46. The molecule has 0 saturated carbocycles. The van der Waals surface area contributed by atoms with Gasteiger partial charge in [0.2, 0.25) is 0 Å². The van der Waals surface area contributed by atoms with E-state index in [-0.39, 0.29) is 11.9 Å². The maximum absolute atomic E-state index is 12.6. The van der Waals surface area contributed by atoms with Crippen LogP contribution in [-0.2, 0) is 0 Å². The maximum Gasteiger partial charge on any atom is 0.263 e. The molecule has 30 heavy (non-hydrogen) atoms. The Hall–Kier alpha value is -2.38. The van der Waals surface area contributed by atoms with Crippen molar-refractivity contribution in [2.75, 3.05) is 50.0 Å². The van der Waals surface area contributed by atoms with E-state index in [4.69, 9.17) is 4.98 Å². The van der Waals surface area contributed by atoms with Crippen LogP contribution in [0.1, 0.15) is 29.4 Å². The molecule has 156 valence electrons. The number of rotatable bonds is 1. The van der Waals surface area contributed by atoms with Crippen molar-refractivity contribution < 1.29 is 4.79 Å². The fourth-order valence-corrected chi connectivity index (χ4v) is 6.32. The number of likely N-dealkylation sites (tertiary alicyclic amines) is 1. The number of hydrogen-bond donors (Lipinski definition) is 2. The van der Waals surface area contributed by atoms with Crippen LogP contribution in [0.3, 0.4) is 0 Å². The van der Waals surface area contributed by atoms with E-state index < -0.39 is 0 Å². The summed E-state index contributed by atoms with van der Waals surface area (Å²) in [7, 11) is 2.22. The Morgan fingerprint density at radius 1 is 1.17 bits per heavy atom. The molecule has 0 unspecified atom stereocenters.